The van der Waals surface area contributed by atoms with Gasteiger partial charge in [-0.15, -0.1) is 0 Å². The number of benzene rings is 2. The van der Waals surface area contributed by atoms with E-state index in [1.165, 1.54) is 0 Å². The van der Waals surface area contributed by atoms with Gasteiger partial charge in [0, 0.05) is 25.1 Å². The first-order valence-electron chi connectivity index (χ1n) is 7.23. The molecule has 1 heterocycles. The van der Waals surface area contributed by atoms with E-state index in [2.05, 4.69) is 0 Å². The van der Waals surface area contributed by atoms with Gasteiger partial charge in [-0.3, -0.25) is 4.79 Å². The second-order valence-corrected chi connectivity index (χ2v) is 5.46. The van der Waals surface area contributed by atoms with Gasteiger partial charge in [-0.2, -0.15) is 0 Å². The number of anilines is 1. The van der Waals surface area contributed by atoms with Gasteiger partial charge in [-0.25, -0.2) is 5.84 Å². The van der Waals surface area contributed by atoms with Crippen LogP contribution in [-0.2, 0) is 11.3 Å². The van der Waals surface area contributed by atoms with Gasteiger partial charge in [0.15, 0.2) is 0 Å². The molecule has 4 nitrogen and oxygen atoms in total. The normalized spacial score (nSPS) is 15.8. The molecule has 0 radical (unpaired) electrons. The number of nitrogens with zero attached hydrogens (tertiary/aromatic N) is 2. The van der Waals surface area contributed by atoms with E-state index in [-0.39, 0.29) is 5.91 Å². The summed E-state index contributed by atoms with van der Waals surface area (Å²) in [6.07, 6.45) is 2.03. The highest BCUT2D eigenvalue weighted by atomic mass is 16.2. The summed E-state index contributed by atoms with van der Waals surface area (Å²) in [5.41, 5.74) is 4.96. The number of amides is 1. The third-order valence-electron chi connectivity index (χ3n) is 3.90. The third kappa shape index (κ3) is 2.49. The summed E-state index contributed by atoms with van der Waals surface area (Å²) >= 11 is 0. The monoisotopic (exact) mass is 293 g/mol. The van der Waals surface area contributed by atoms with E-state index < -0.39 is 0 Å². The standard InChI is InChI=1S/C18H19N3O/c1-13(22)21-12-15-8-3-5-9-16(15)18(20(2)19)11-14-7-4-6-10-17(14)21/h3-11H,12,19H2,1-2H3/b18-11+. The molecule has 2 N–H and O–H groups in total. The molecule has 112 valence electrons. The van der Waals surface area contributed by atoms with Crippen LogP contribution in [0.3, 0.4) is 0 Å². The molecule has 0 fully saturated rings. The lowest BCUT2D eigenvalue weighted by atomic mass is 9.98. The largest absolute Gasteiger partial charge is 0.313 e. The number of carbonyl (C=O) groups excluding carboxylic acids is 1. The molecule has 4 heteroatoms. The first kappa shape index (κ1) is 14.4. The Morgan fingerprint density at radius 2 is 1.82 bits per heavy atom. The number of hydrazine groups is 1. The molecular weight excluding hydrogens is 274 g/mol. The van der Waals surface area contributed by atoms with Crippen molar-refractivity contribution >= 4 is 23.4 Å². The van der Waals surface area contributed by atoms with E-state index in [1.807, 2.05) is 61.7 Å². The van der Waals surface area contributed by atoms with Crippen molar-refractivity contribution in [2.24, 2.45) is 5.84 Å². The second-order valence-electron chi connectivity index (χ2n) is 5.46. The maximum absolute atomic E-state index is 12.1. The SMILES string of the molecule is CC(=O)N1Cc2ccccc2/C(N(C)N)=C\c2ccccc21. The number of carbonyl (C=O) groups is 1. The van der Waals surface area contributed by atoms with E-state index in [1.54, 1.807) is 16.8 Å². The van der Waals surface area contributed by atoms with Crippen LogP contribution in [0.5, 0.6) is 0 Å². The van der Waals surface area contributed by atoms with Crippen molar-refractivity contribution in [1.29, 1.82) is 0 Å². The Kier molecular flexibility index (Phi) is 3.69. The van der Waals surface area contributed by atoms with Gasteiger partial charge in [0.05, 0.1) is 17.9 Å². The Hall–Kier alpha value is -2.59. The molecule has 1 aliphatic heterocycles. The lowest BCUT2D eigenvalue weighted by Gasteiger charge is -2.29. The van der Waals surface area contributed by atoms with Crippen molar-refractivity contribution in [2.45, 2.75) is 13.5 Å². The Morgan fingerprint density at radius 1 is 1.14 bits per heavy atom. The van der Waals surface area contributed by atoms with Gasteiger partial charge < -0.3 is 9.91 Å². The predicted octanol–water partition coefficient (Wildman–Crippen LogP) is 2.86. The van der Waals surface area contributed by atoms with Crippen LogP contribution in [0.4, 0.5) is 5.69 Å². The molecule has 0 aliphatic carbocycles. The first-order valence-corrected chi connectivity index (χ1v) is 7.23. The van der Waals surface area contributed by atoms with Crippen molar-refractivity contribution in [3.05, 3.63) is 65.2 Å². The molecule has 1 aliphatic rings. The fourth-order valence-corrected chi connectivity index (χ4v) is 2.82. The minimum Gasteiger partial charge on any atom is -0.313 e. The zero-order valence-electron chi connectivity index (χ0n) is 12.8. The van der Waals surface area contributed by atoms with Gasteiger partial charge in [-0.05, 0) is 17.7 Å². The molecule has 2 aromatic carbocycles. The average molecular weight is 293 g/mol. The Balaban J connectivity index is 2.29. The van der Waals surface area contributed by atoms with Crippen LogP contribution >= 0.6 is 0 Å². The fourth-order valence-electron chi connectivity index (χ4n) is 2.82. The maximum Gasteiger partial charge on any atom is 0.224 e. The Labute approximate surface area is 130 Å². The molecule has 0 saturated heterocycles. The van der Waals surface area contributed by atoms with E-state index in [0.717, 1.165) is 28.1 Å². The Morgan fingerprint density at radius 3 is 2.55 bits per heavy atom. The molecule has 2 aromatic rings. The number of para-hydroxylation sites is 1. The fraction of sp³-hybridized carbons (Fsp3) is 0.167. The first-order chi connectivity index (χ1) is 10.6. The summed E-state index contributed by atoms with van der Waals surface area (Å²) in [6, 6.07) is 15.9. The van der Waals surface area contributed by atoms with Crippen molar-refractivity contribution in [1.82, 2.24) is 5.01 Å². The van der Waals surface area contributed by atoms with Gasteiger partial charge in [0.1, 0.15) is 0 Å². The van der Waals surface area contributed by atoms with Crippen LogP contribution in [0, 0.1) is 0 Å². The predicted molar refractivity (Wildman–Crippen MR) is 89.6 cm³/mol. The summed E-state index contributed by atoms with van der Waals surface area (Å²) in [5.74, 6) is 6.07. The highest BCUT2D eigenvalue weighted by molar-refractivity contribution is 5.97. The summed E-state index contributed by atoms with van der Waals surface area (Å²) < 4.78 is 0. The lowest BCUT2D eigenvalue weighted by Crippen LogP contribution is -2.31. The van der Waals surface area contributed by atoms with Crippen molar-refractivity contribution in [3.8, 4) is 0 Å². The minimum atomic E-state index is 0.0280. The summed E-state index contributed by atoms with van der Waals surface area (Å²) in [6.45, 7) is 2.13. The van der Waals surface area contributed by atoms with Crippen molar-refractivity contribution in [3.63, 3.8) is 0 Å². The molecule has 0 bridgehead atoms. The summed E-state index contributed by atoms with van der Waals surface area (Å²) in [5, 5.41) is 1.62. The van der Waals surface area contributed by atoms with Crippen LogP contribution in [0.1, 0.15) is 23.6 Å². The van der Waals surface area contributed by atoms with Crippen molar-refractivity contribution in [2.75, 3.05) is 11.9 Å². The highest BCUT2D eigenvalue weighted by Crippen LogP contribution is 2.32. The zero-order valence-corrected chi connectivity index (χ0v) is 12.8. The van der Waals surface area contributed by atoms with Crippen LogP contribution < -0.4 is 10.7 Å². The van der Waals surface area contributed by atoms with E-state index in [0.29, 0.717) is 6.54 Å². The van der Waals surface area contributed by atoms with Gasteiger partial charge in [0.2, 0.25) is 5.91 Å². The molecule has 0 saturated carbocycles. The topological polar surface area (TPSA) is 49.6 Å². The molecule has 3 rings (SSSR count). The van der Waals surface area contributed by atoms with Crippen LogP contribution in [-0.4, -0.2) is 18.0 Å². The minimum absolute atomic E-state index is 0.0280. The molecule has 22 heavy (non-hydrogen) atoms. The zero-order chi connectivity index (χ0) is 15.7. The summed E-state index contributed by atoms with van der Waals surface area (Å²) in [7, 11) is 1.83. The van der Waals surface area contributed by atoms with E-state index in [4.69, 9.17) is 5.84 Å². The smallest absolute Gasteiger partial charge is 0.224 e. The second kappa shape index (κ2) is 5.66. The van der Waals surface area contributed by atoms with Gasteiger partial charge in [-0.1, -0.05) is 42.5 Å². The molecule has 0 aromatic heterocycles. The molecule has 0 unspecified atom stereocenters. The molecule has 1 amide bonds. The number of fused-ring (bicyclic) bond motifs is 2. The van der Waals surface area contributed by atoms with E-state index >= 15 is 0 Å². The van der Waals surface area contributed by atoms with Gasteiger partial charge in [0.25, 0.3) is 0 Å². The van der Waals surface area contributed by atoms with E-state index in [9.17, 15) is 4.79 Å². The molecule has 0 atom stereocenters. The van der Waals surface area contributed by atoms with Crippen molar-refractivity contribution < 1.29 is 4.79 Å². The van der Waals surface area contributed by atoms with Crippen LogP contribution in [0.2, 0.25) is 0 Å². The molecule has 0 spiro atoms. The van der Waals surface area contributed by atoms with Gasteiger partial charge >= 0.3 is 0 Å². The quantitative estimate of drug-likeness (QED) is 0.650. The number of rotatable bonds is 1. The number of hydrogen-bond donors (Lipinski definition) is 1. The Bertz CT molecular complexity index is 750. The highest BCUT2D eigenvalue weighted by Gasteiger charge is 2.21. The van der Waals surface area contributed by atoms with Crippen LogP contribution in [0.25, 0.3) is 11.8 Å². The summed E-state index contributed by atoms with van der Waals surface area (Å²) in [4.78, 5) is 13.9. The lowest BCUT2D eigenvalue weighted by molar-refractivity contribution is -0.116. The molecular formula is C18H19N3O. The average Bonchev–Trinajstić information content (AvgIpc) is 2.48. The third-order valence-corrected chi connectivity index (χ3v) is 3.90. The number of hydrogen-bond acceptors (Lipinski definition) is 3. The number of nitrogens with two attached hydrogens (primary N) is 1. The maximum atomic E-state index is 12.1. The van der Waals surface area contributed by atoms with Crippen LogP contribution in [0.15, 0.2) is 48.5 Å².